The van der Waals surface area contributed by atoms with Crippen LogP contribution in [0.5, 0.6) is 0 Å². The third kappa shape index (κ3) is 7.28. The summed E-state index contributed by atoms with van der Waals surface area (Å²) in [4.78, 5) is 12.4. The van der Waals surface area contributed by atoms with Crippen LogP contribution in [0.4, 0.5) is 4.79 Å². The van der Waals surface area contributed by atoms with E-state index < -0.39 is 20.0 Å². The third-order valence-corrected chi connectivity index (χ3v) is 11.5. The zero-order valence-corrected chi connectivity index (χ0v) is 24.0. The number of carbonyl (C=O) groups is 1. The van der Waals surface area contributed by atoms with Gasteiger partial charge < -0.3 is 19.2 Å². The second kappa shape index (κ2) is 11.8. The molecule has 5 nitrogen and oxygen atoms in total. The van der Waals surface area contributed by atoms with Gasteiger partial charge in [-0.1, -0.05) is 104 Å². The first-order valence-electron chi connectivity index (χ1n) is 11.3. The zero-order valence-electron chi connectivity index (χ0n) is 20.9. The minimum atomic E-state index is -2.69. The van der Waals surface area contributed by atoms with Crippen LogP contribution in [0.3, 0.4) is 0 Å². The molecule has 0 fully saturated rings. The second-order valence-electron chi connectivity index (χ2n) is 10.2. The maximum atomic E-state index is 12.4. The van der Waals surface area contributed by atoms with Gasteiger partial charge in [0.25, 0.3) is 8.32 Å². The van der Waals surface area contributed by atoms with Crippen molar-refractivity contribution in [2.45, 2.75) is 64.3 Å². The molecular weight excluding hydrogens is 545 g/mol. The number of carbonyl (C=O) groups excluding carboxylic acids is 1. The Balaban J connectivity index is 2.39. The number of alkyl carbamates (subject to hydrolysis) is 1. The van der Waals surface area contributed by atoms with Crippen molar-refractivity contribution in [2.24, 2.45) is 0 Å². The third-order valence-electron chi connectivity index (χ3n) is 5.50. The average molecular weight is 584 g/mol. The summed E-state index contributed by atoms with van der Waals surface area (Å²) in [5, 5.41) is 5.26. The van der Waals surface area contributed by atoms with Crippen LogP contribution < -0.4 is 15.7 Å². The van der Waals surface area contributed by atoms with E-state index in [1.54, 1.807) is 7.11 Å². The van der Waals surface area contributed by atoms with E-state index in [-0.39, 0.29) is 17.2 Å². The van der Waals surface area contributed by atoms with E-state index >= 15 is 0 Å². The molecule has 2 aromatic carbocycles. The Kier molecular flexibility index (Phi) is 9.96. The van der Waals surface area contributed by atoms with Gasteiger partial charge in [-0.05, 0) is 36.2 Å². The Morgan fingerprint density at radius 2 is 1.42 bits per heavy atom. The molecule has 0 saturated carbocycles. The molecule has 0 aromatic heterocycles. The van der Waals surface area contributed by atoms with Gasteiger partial charge in [-0.25, -0.2) is 4.79 Å². The quantitative estimate of drug-likeness (QED) is 0.259. The van der Waals surface area contributed by atoms with E-state index in [4.69, 9.17) is 13.9 Å². The number of amides is 1. The Morgan fingerprint density at radius 3 is 1.79 bits per heavy atom. The van der Waals surface area contributed by atoms with Crippen molar-refractivity contribution in [3.8, 4) is 0 Å². The predicted molar refractivity (Wildman–Crippen MR) is 146 cm³/mol. The average Bonchev–Trinajstić information content (AvgIpc) is 2.75. The lowest BCUT2D eigenvalue weighted by molar-refractivity contribution is 0.0196. The van der Waals surface area contributed by atoms with Crippen LogP contribution in [0.2, 0.25) is 5.04 Å². The summed E-state index contributed by atoms with van der Waals surface area (Å²) >= 11 is 2.26. The number of rotatable bonds is 9. The number of methoxy groups -OCH3 is 1. The number of benzene rings is 2. The van der Waals surface area contributed by atoms with Crippen LogP contribution >= 0.6 is 22.6 Å². The smallest absolute Gasteiger partial charge is 0.407 e. The summed E-state index contributed by atoms with van der Waals surface area (Å²) in [7, 11) is -1.03. The standard InChI is InChI=1S/C26H38INO4Si/c1-25(2,3)32-24(29)28-22(18-27)23(30-7)19-31-33(26(4,5)6,20-14-10-8-11-15-20)21-16-12-9-13-17-21/h8-17,22-23H,18-19H2,1-7H3,(H,28,29)/t22-,23-/m0/s1. The fraction of sp³-hybridized carbons (Fsp3) is 0.500. The fourth-order valence-electron chi connectivity index (χ4n) is 4.01. The van der Waals surface area contributed by atoms with Crippen LogP contribution in [0.25, 0.3) is 0 Å². The molecule has 2 rings (SSSR count). The van der Waals surface area contributed by atoms with Crippen LogP contribution in [0, 0.1) is 0 Å². The minimum absolute atomic E-state index is 0.133. The lowest BCUT2D eigenvalue weighted by Gasteiger charge is -2.44. The lowest BCUT2D eigenvalue weighted by atomic mass is 10.2. The van der Waals surface area contributed by atoms with Crippen molar-refractivity contribution in [1.29, 1.82) is 0 Å². The first-order chi connectivity index (χ1) is 15.4. The number of ether oxygens (including phenoxy) is 2. The van der Waals surface area contributed by atoms with Crippen molar-refractivity contribution in [3.63, 3.8) is 0 Å². The molecule has 33 heavy (non-hydrogen) atoms. The molecule has 0 saturated heterocycles. The van der Waals surface area contributed by atoms with Gasteiger partial charge in [-0.2, -0.15) is 0 Å². The summed E-state index contributed by atoms with van der Waals surface area (Å²) in [6.45, 7) is 12.7. The van der Waals surface area contributed by atoms with Crippen molar-refractivity contribution < 1.29 is 18.7 Å². The predicted octanol–water partition coefficient (Wildman–Crippen LogP) is 4.91. The van der Waals surface area contributed by atoms with Gasteiger partial charge in [0, 0.05) is 11.5 Å². The largest absolute Gasteiger partial charge is 0.444 e. The monoisotopic (exact) mass is 583 g/mol. The normalized spacial score (nSPS) is 14.4. The molecule has 0 spiro atoms. The minimum Gasteiger partial charge on any atom is -0.444 e. The van der Waals surface area contributed by atoms with Crippen LogP contribution in [-0.4, -0.2) is 50.3 Å². The van der Waals surface area contributed by atoms with Gasteiger partial charge >= 0.3 is 6.09 Å². The Labute approximate surface area is 213 Å². The molecular formula is C26H38INO4Si. The number of hydrogen-bond acceptors (Lipinski definition) is 4. The van der Waals surface area contributed by atoms with Gasteiger partial charge in [0.2, 0.25) is 0 Å². The summed E-state index contributed by atoms with van der Waals surface area (Å²) in [5.74, 6) is 0. The number of hydrogen-bond donors (Lipinski definition) is 1. The molecule has 2 aromatic rings. The summed E-state index contributed by atoms with van der Waals surface area (Å²) in [6.07, 6.45) is -0.771. The maximum Gasteiger partial charge on any atom is 0.407 e. The topological polar surface area (TPSA) is 56.8 Å². The summed E-state index contributed by atoms with van der Waals surface area (Å²) in [5.41, 5.74) is -0.562. The molecule has 0 aliphatic rings. The summed E-state index contributed by atoms with van der Waals surface area (Å²) in [6, 6.07) is 20.8. The molecule has 2 atom stereocenters. The molecule has 0 unspecified atom stereocenters. The Morgan fingerprint density at radius 1 is 0.939 bits per heavy atom. The molecule has 0 aliphatic heterocycles. The van der Waals surface area contributed by atoms with E-state index in [0.29, 0.717) is 11.0 Å². The molecule has 182 valence electrons. The zero-order chi connectivity index (χ0) is 24.7. The highest BCUT2D eigenvalue weighted by Gasteiger charge is 2.50. The molecule has 1 N–H and O–H groups in total. The first-order valence-corrected chi connectivity index (χ1v) is 14.7. The SMILES string of the molecule is CO[C@@H](CO[Si](c1ccccc1)(c1ccccc1)C(C)(C)C)[C@H](CI)NC(=O)OC(C)(C)C. The van der Waals surface area contributed by atoms with Gasteiger partial charge in [0.15, 0.2) is 0 Å². The van der Waals surface area contributed by atoms with E-state index in [1.807, 2.05) is 32.9 Å². The fourth-order valence-corrected chi connectivity index (χ4v) is 9.36. The maximum absolute atomic E-state index is 12.4. The van der Waals surface area contributed by atoms with E-state index in [2.05, 4.69) is 97.2 Å². The molecule has 0 bridgehead atoms. The Hall–Kier alpha value is -1.42. The van der Waals surface area contributed by atoms with E-state index in [9.17, 15) is 4.79 Å². The highest BCUT2D eigenvalue weighted by molar-refractivity contribution is 14.1. The molecule has 0 aliphatic carbocycles. The van der Waals surface area contributed by atoms with Gasteiger partial charge in [0.05, 0.1) is 12.6 Å². The molecule has 1 amide bonds. The van der Waals surface area contributed by atoms with Crippen LogP contribution in [0.15, 0.2) is 60.7 Å². The molecule has 0 radical (unpaired) electrons. The van der Waals surface area contributed by atoms with Crippen LogP contribution in [-0.2, 0) is 13.9 Å². The molecule has 0 heterocycles. The van der Waals surface area contributed by atoms with Gasteiger partial charge in [-0.15, -0.1) is 0 Å². The van der Waals surface area contributed by atoms with E-state index in [0.717, 1.165) is 0 Å². The lowest BCUT2D eigenvalue weighted by Crippen LogP contribution is -2.67. The number of nitrogens with one attached hydrogen (secondary N) is 1. The van der Waals surface area contributed by atoms with Crippen molar-refractivity contribution in [3.05, 3.63) is 60.7 Å². The number of alkyl halides is 1. The molecule has 7 heteroatoms. The highest BCUT2D eigenvalue weighted by atomic mass is 127. The highest BCUT2D eigenvalue weighted by Crippen LogP contribution is 2.37. The van der Waals surface area contributed by atoms with E-state index in [1.165, 1.54) is 10.4 Å². The van der Waals surface area contributed by atoms with Crippen molar-refractivity contribution in [1.82, 2.24) is 5.32 Å². The summed E-state index contributed by atoms with van der Waals surface area (Å²) < 4.78 is 19.0. The number of halogens is 1. The van der Waals surface area contributed by atoms with Gasteiger partial charge in [-0.3, -0.25) is 0 Å². The van der Waals surface area contributed by atoms with Crippen molar-refractivity contribution in [2.75, 3.05) is 18.1 Å². The Bertz CT molecular complexity index is 826. The first kappa shape index (κ1) is 27.8. The van der Waals surface area contributed by atoms with Crippen molar-refractivity contribution >= 4 is 47.4 Å². The second-order valence-corrected chi connectivity index (χ2v) is 15.3. The van der Waals surface area contributed by atoms with Gasteiger partial charge in [0.1, 0.15) is 11.7 Å². The van der Waals surface area contributed by atoms with Crippen LogP contribution in [0.1, 0.15) is 41.5 Å².